The van der Waals surface area contributed by atoms with E-state index < -0.39 is 23.5 Å². The lowest BCUT2D eigenvalue weighted by Crippen LogP contribution is -2.57. The maximum atomic E-state index is 13.0. The van der Waals surface area contributed by atoms with Crippen molar-refractivity contribution in [3.8, 4) is 0 Å². The number of carbonyl (C=O) groups excluding carboxylic acids is 2. The van der Waals surface area contributed by atoms with Crippen LogP contribution in [0.15, 0.2) is 42.5 Å². The second-order valence-electron chi connectivity index (χ2n) is 5.99. The van der Waals surface area contributed by atoms with Crippen molar-refractivity contribution < 1.29 is 24.6 Å². The van der Waals surface area contributed by atoms with Gasteiger partial charge in [-0.25, -0.2) is 9.69 Å². The summed E-state index contributed by atoms with van der Waals surface area (Å²) in [5, 5.41) is 21.0. The van der Waals surface area contributed by atoms with Crippen molar-refractivity contribution in [1.29, 1.82) is 0 Å². The summed E-state index contributed by atoms with van der Waals surface area (Å²) in [6.07, 6.45) is 1.18. The molecule has 0 aromatic heterocycles. The van der Waals surface area contributed by atoms with Gasteiger partial charge in [0.15, 0.2) is 0 Å². The molecular formula is C19H21NO5. The zero-order valence-electron chi connectivity index (χ0n) is 14.2. The molecule has 0 aliphatic heterocycles. The highest BCUT2D eigenvalue weighted by atomic mass is 16.4. The molecule has 0 spiro atoms. The Labute approximate surface area is 145 Å². The minimum absolute atomic E-state index is 0.0174. The molecule has 6 heteroatoms. The monoisotopic (exact) mass is 343 g/mol. The number of nitrogens with zero attached hydrogens (tertiary/aromatic N) is 1. The van der Waals surface area contributed by atoms with Crippen molar-refractivity contribution in [2.45, 2.75) is 38.8 Å². The van der Waals surface area contributed by atoms with Gasteiger partial charge in [0.05, 0.1) is 0 Å². The van der Waals surface area contributed by atoms with Gasteiger partial charge < -0.3 is 10.2 Å². The summed E-state index contributed by atoms with van der Waals surface area (Å²) in [6.45, 7) is 2.81. The molecule has 0 bridgehead atoms. The average molecular weight is 343 g/mol. The van der Waals surface area contributed by atoms with E-state index in [1.54, 1.807) is 18.2 Å². The Morgan fingerprint density at radius 3 is 2.36 bits per heavy atom. The third kappa shape index (κ3) is 3.69. The fraction of sp³-hybridized carbons (Fsp3) is 0.316. The maximum absolute atomic E-state index is 13.0. The first kappa shape index (κ1) is 18.6. The summed E-state index contributed by atoms with van der Waals surface area (Å²) in [7, 11) is 0. The predicted octanol–water partition coefficient (Wildman–Crippen LogP) is 2.79. The van der Waals surface area contributed by atoms with Crippen LogP contribution in [0.3, 0.4) is 0 Å². The molecule has 132 valence electrons. The number of carbonyl (C=O) groups is 3. The van der Waals surface area contributed by atoms with E-state index in [4.69, 9.17) is 0 Å². The molecule has 2 aromatic carbocycles. The van der Waals surface area contributed by atoms with Crippen molar-refractivity contribution in [3.05, 3.63) is 48.0 Å². The van der Waals surface area contributed by atoms with Gasteiger partial charge in [0.2, 0.25) is 11.6 Å². The number of hydrogen-bond acceptors (Lipinski definition) is 4. The van der Waals surface area contributed by atoms with E-state index in [-0.39, 0.29) is 12.0 Å². The van der Waals surface area contributed by atoms with Crippen LogP contribution in [-0.2, 0) is 9.59 Å². The molecule has 0 fully saturated rings. The lowest BCUT2D eigenvalue weighted by molar-refractivity contribution is -0.178. The van der Waals surface area contributed by atoms with Crippen molar-refractivity contribution in [2.24, 2.45) is 0 Å². The highest BCUT2D eigenvalue weighted by molar-refractivity contribution is 6.14. The van der Waals surface area contributed by atoms with Gasteiger partial charge >= 0.3 is 5.97 Å². The number of rotatable bonds is 6. The normalized spacial score (nSPS) is 13.2. The molecule has 2 amide bonds. The van der Waals surface area contributed by atoms with Gasteiger partial charge in [-0.2, -0.15) is 0 Å². The molecule has 0 heterocycles. The van der Waals surface area contributed by atoms with Gasteiger partial charge in [0.1, 0.15) is 0 Å². The molecular weight excluding hydrogens is 322 g/mol. The average Bonchev–Trinajstić information content (AvgIpc) is 2.59. The Morgan fingerprint density at radius 2 is 1.72 bits per heavy atom. The highest BCUT2D eigenvalue weighted by Gasteiger charge is 2.44. The van der Waals surface area contributed by atoms with E-state index in [1.165, 1.54) is 6.07 Å². The fourth-order valence-electron chi connectivity index (χ4n) is 2.62. The molecule has 0 saturated heterocycles. The number of hydrogen-bond donors (Lipinski definition) is 2. The molecule has 0 aliphatic rings. The number of carboxylic acid groups (broad SMARTS) is 1. The first-order valence-corrected chi connectivity index (χ1v) is 8.11. The van der Waals surface area contributed by atoms with Crippen LogP contribution in [0.2, 0.25) is 0 Å². The maximum Gasteiger partial charge on any atom is 0.357 e. The van der Waals surface area contributed by atoms with Crippen LogP contribution in [0, 0.1) is 0 Å². The minimum atomic E-state index is -2.63. The summed E-state index contributed by atoms with van der Waals surface area (Å²) < 4.78 is 0. The molecule has 25 heavy (non-hydrogen) atoms. The lowest BCUT2D eigenvalue weighted by Gasteiger charge is -2.32. The Hall–Kier alpha value is -2.73. The number of aliphatic hydroxyl groups is 1. The topological polar surface area (TPSA) is 94.9 Å². The largest absolute Gasteiger partial charge is 0.478 e. The summed E-state index contributed by atoms with van der Waals surface area (Å²) in [5.41, 5.74) is -2.46. The molecule has 1 atom stereocenters. The molecule has 0 aliphatic carbocycles. The molecule has 2 aromatic rings. The molecule has 6 nitrogen and oxygen atoms in total. The van der Waals surface area contributed by atoms with Gasteiger partial charge in [-0.3, -0.25) is 9.59 Å². The molecule has 1 unspecified atom stereocenters. The second-order valence-corrected chi connectivity index (χ2v) is 5.99. The standard InChI is InChI=1S/C19H21NO5/c1-3-4-12-16(21)20(19(2,25)18(23)24)17(22)15-11-7-9-13-8-5-6-10-14(13)15/h5-11,25H,3-4,12H2,1-2H3,(H,23,24). The van der Waals surface area contributed by atoms with Crippen molar-refractivity contribution in [3.63, 3.8) is 0 Å². The van der Waals surface area contributed by atoms with E-state index in [1.807, 2.05) is 25.1 Å². The summed E-state index contributed by atoms with van der Waals surface area (Å²) >= 11 is 0. The lowest BCUT2D eigenvalue weighted by atomic mass is 10.0. The number of benzene rings is 2. The number of amides is 2. The highest BCUT2D eigenvalue weighted by Crippen LogP contribution is 2.24. The minimum Gasteiger partial charge on any atom is -0.478 e. The van der Waals surface area contributed by atoms with Crippen LogP contribution in [0.5, 0.6) is 0 Å². The Morgan fingerprint density at radius 1 is 1.08 bits per heavy atom. The molecule has 2 N–H and O–H groups in total. The smallest absolute Gasteiger partial charge is 0.357 e. The number of carboxylic acids is 1. The van der Waals surface area contributed by atoms with E-state index in [0.717, 1.165) is 12.3 Å². The molecule has 0 saturated carbocycles. The number of imide groups is 1. The Balaban J connectivity index is 2.54. The van der Waals surface area contributed by atoms with Crippen LogP contribution in [0.25, 0.3) is 10.8 Å². The number of aliphatic carboxylic acids is 1. The van der Waals surface area contributed by atoms with Gasteiger partial charge in [-0.15, -0.1) is 0 Å². The Kier molecular flexibility index (Phi) is 5.54. The number of fused-ring (bicyclic) bond motifs is 1. The van der Waals surface area contributed by atoms with Crippen LogP contribution in [0.4, 0.5) is 0 Å². The summed E-state index contributed by atoms with van der Waals surface area (Å²) in [6, 6.07) is 12.1. The second kappa shape index (κ2) is 7.44. The predicted molar refractivity (Wildman–Crippen MR) is 92.9 cm³/mol. The van der Waals surface area contributed by atoms with Gasteiger partial charge in [-0.1, -0.05) is 49.7 Å². The van der Waals surface area contributed by atoms with E-state index >= 15 is 0 Å². The van der Waals surface area contributed by atoms with Crippen LogP contribution < -0.4 is 0 Å². The van der Waals surface area contributed by atoms with E-state index in [9.17, 15) is 24.6 Å². The molecule has 2 rings (SSSR count). The summed E-state index contributed by atoms with van der Waals surface area (Å²) in [4.78, 5) is 37.4. The quantitative estimate of drug-likeness (QED) is 0.787. The van der Waals surface area contributed by atoms with Crippen LogP contribution in [0.1, 0.15) is 43.5 Å². The zero-order valence-corrected chi connectivity index (χ0v) is 14.2. The van der Waals surface area contributed by atoms with Crippen LogP contribution in [-0.4, -0.2) is 38.6 Å². The zero-order chi connectivity index (χ0) is 18.6. The summed E-state index contributed by atoms with van der Waals surface area (Å²) in [5.74, 6) is -3.21. The SMILES string of the molecule is CCCCC(=O)N(C(=O)c1cccc2ccccc12)C(C)(O)C(=O)O. The Bertz CT molecular complexity index is 807. The number of unbranched alkanes of at least 4 members (excludes halogenated alkanes) is 1. The van der Waals surface area contributed by atoms with Gasteiger partial charge in [0.25, 0.3) is 5.91 Å². The fourth-order valence-corrected chi connectivity index (χ4v) is 2.62. The third-order valence-electron chi connectivity index (χ3n) is 4.06. The van der Waals surface area contributed by atoms with Crippen molar-refractivity contribution in [1.82, 2.24) is 4.90 Å². The van der Waals surface area contributed by atoms with E-state index in [0.29, 0.717) is 23.1 Å². The van der Waals surface area contributed by atoms with E-state index in [2.05, 4.69) is 0 Å². The van der Waals surface area contributed by atoms with Crippen molar-refractivity contribution >= 4 is 28.6 Å². The first-order chi connectivity index (χ1) is 11.8. The molecule has 0 radical (unpaired) electrons. The third-order valence-corrected chi connectivity index (χ3v) is 4.06. The van der Waals surface area contributed by atoms with Crippen LogP contribution >= 0.6 is 0 Å². The van der Waals surface area contributed by atoms with Gasteiger partial charge in [-0.05, 0) is 30.2 Å². The van der Waals surface area contributed by atoms with Gasteiger partial charge in [0, 0.05) is 12.0 Å². The van der Waals surface area contributed by atoms with Crippen molar-refractivity contribution in [2.75, 3.05) is 0 Å². The first-order valence-electron chi connectivity index (χ1n) is 8.11.